The number of nitrogens with one attached hydrogen (secondary N) is 1. The molecule has 1 aromatic carbocycles. The van der Waals surface area contributed by atoms with E-state index in [-0.39, 0.29) is 0 Å². The van der Waals surface area contributed by atoms with Gasteiger partial charge in [0.15, 0.2) is 0 Å². The Kier molecular flexibility index (Phi) is 4.57. The summed E-state index contributed by atoms with van der Waals surface area (Å²) in [6.07, 6.45) is 2.82. The van der Waals surface area contributed by atoms with Crippen LogP contribution in [0.3, 0.4) is 0 Å². The Morgan fingerprint density at radius 3 is 2.76 bits per heavy atom. The highest BCUT2D eigenvalue weighted by Crippen LogP contribution is 2.22. The maximum Gasteiger partial charge on any atom is 0.0613 e. The summed E-state index contributed by atoms with van der Waals surface area (Å²) in [5, 5.41) is 3.55. The van der Waals surface area contributed by atoms with Gasteiger partial charge in [-0.25, -0.2) is 0 Å². The first-order valence-electron chi connectivity index (χ1n) is 6.67. The lowest BCUT2D eigenvalue weighted by molar-refractivity contribution is 0.0872. The monoisotopic (exact) mass is 233 g/mol. The van der Waals surface area contributed by atoms with Crippen LogP contribution in [0.5, 0.6) is 0 Å². The van der Waals surface area contributed by atoms with E-state index >= 15 is 0 Å². The van der Waals surface area contributed by atoms with Gasteiger partial charge in [0.05, 0.1) is 6.10 Å². The lowest BCUT2D eigenvalue weighted by Gasteiger charge is -2.17. The highest BCUT2D eigenvalue weighted by Gasteiger charge is 2.25. The summed E-state index contributed by atoms with van der Waals surface area (Å²) in [5.74, 6) is 0.699. The number of ether oxygens (including phenoxy) is 1. The second-order valence-electron chi connectivity index (χ2n) is 4.98. The first-order valence-corrected chi connectivity index (χ1v) is 6.67. The maximum absolute atomic E-state index is 5.69. The minimum absolute atomic E-state index is 0.473. The van der Waals surface area contributed by atoms with Gasteiger partial charge in [-0.15, -0.1) is 0 Å². The third kappa shape index (κ3) is 3.55. The molecular formula is C15H23NO. The summed E-state index contributed by atoms with van der Waals surface area (Å²) in [5.41, 5.74) is 2.69. The zero-order chi connectivity index (χ0) is 12.1. The van der Waals surface area contributed by atoms with E-state index < -0.39 is 0 Å². The first-order chi connectivity index (χ1) is 8.29. The van der Waals surface area contributed by atoms with Gasteiger partial charge in [-0.2, -0.15) is 0 Å². The smallest absolute Gasteiger partial charge is 0.0613 e. The average Bonchev–Trinajstić information content (AvgIpc) is 2.79. The zero-order valence-electron chi connectivity index (χ0n) is 10.9. The summed E-state index contributed by atoms with van der Waals surface area (Å²) in [7, 11) is 0. The molecule has 1 aromatic rings. The summed E-state index contributed by atoms with van der Waals surface area (Å²) >= 11 is 0. The van der Waals surface area contributed by atoms with Gasteiger partial charge >= 0.3 is 0 Å². The molecule has 2 rings (SSSR count). The molecule has 1 aliphatic heterocycles. The Bertz CT molecular complexity index is 333. The van der Waals surface area contributed by atoms with Gasteiger partial charge in [0.25, 0.3) is 0 Å². The SMILES string of the molecule is CCC1OCCC1CNCc1ccc(C)cc1. The summed E-state index contributed by atoms with van der Waals surface area (Å²) in [6.45, 7) is 7.32. The Morgan fingerprint density at radius 2 is 2.06 bits per heavy atom. The molecule has 2 atom stereocenters. The molecule has 94 valence electrons. The first kappa shape index (κ1) is 12.6. The zero-order valence-corrected chi connectivity index (χ0v) is 10.9. The summed E-state index contributed by atoms with van der Waals surface area (Å²) in [4.78, 5) is 0. The van der Waals surface area contributed by atoms with E-state index in [1.54, 1.807) is 0 Å². The van der Waals surface area contributed by atoms with Gasteiger partial charge in [-0.3, -0.25) is 0 Å². The van der Waals surface area contributed by atoms with Crippen LogP contribution in [0.4, 0.5) is 0 Å². The van der Waals surface area contributed by atoms with Crippen molar-refractivity contribution in [3.63, 3.8) is 0 Å². The topological polar surface area (TPSA) is 21.3 Å². The van der Waals surface area contributed by atoms with Gasteiger partial charge in [-0.1, -0.05) is 36.8 Å². The molecule has 0 spiro atoms. The van der Waals surface area contributed by atoms with Gasteiger partial charge in [0.1, 0.15) is 0 Å². The molecule has 1 saturated heterocycles. The molecule has 2 heteroatoms. The van der Waals surface area contributed by atoms with Gasteiger partial charge in [-0.05, 0) is 31.2 Å². The average molecular weight is 233 g/mol. The van der Waals surface area contributed by atoms with E-state index in [0.29, 0.717) is 12.0 Å². The standard InChI is InChI=1S/C15H23NO/c1-3-15-14(8-9-17-15)11-16-10-13-6-4-12(2)5-7-13/h4-7,14-16H,3,8-11H2,1-2H3. The van der Waals surface area contributed by atoms with Crippen molar-refractivity contribution in [3.05, 3.63) is 35.4 Å². The molecule has 2 unspecified atom stereocenters. The van der Waals surface area contributed by atoms with Crippen molar-refractivity contribution in [2.24, 2.45) is 5.92 Å². The molecule has 0 aromatic heterocycles. The van der Waals surface area contributed by atoms with Crippen LogP contribution in [0, 0.1) is 12.8 Å². The van der Waals surface area contributed by atoms with Crippen LogP contribution >= 0.6 is 0 Å². The van der Waals surface area contributed by atoms with Crippen molar-refractivity contribution >= 4 is 0 Å². The van der Waals surface area contributed by atoms with E-state index in [1.165, 1.54) is 17.5 Å². The predicted octanol–water partition coefficient (Wildman–Crippen LogP) is 2.90. The maximum atomic E-state index is 5.69. The molecule has 17 heavy (non-hydrogen) atoms. The second-order valence-corrected chi connectivity index (χ2v) is 4.98. The normalized spacial score (nSPS) is 24.1. The molecule has 1 N–H and O–H groups in total. The molecule has 0 radical (unpaired) electrons. The molecule has 2 nitrogen and oxygen atoms in total. The highest BCUT2D eigenvalue weighted by molar-refractivity contribution is 5.21. The van der Waals surface area contributed by atoms with Crippen LogP contribution in [0.25, 0.3) is 0 Å². The van der Waals surface area contributed by atoms with Crippen LogP contribution in [0.1, 0.15) is 30.9 Å². The second kappa shape index (κ2) is 6.18. The van der Waals surface area contributed by atoms with E-state index in [0.717, 1.165) is 26.1 Å². The number of benzene rings is 1. The molecule has 1 heterocycles. The fraction of sp³-hybridized carbons (Fsp3) is 0.600. The number of hydrogen-bond acceptors (Lipinski definition) is 2. The molecule has 0 saturated carbocycles. The van der Waals surface area contributed by atoms with Crippen LogP contribution in [0.2, 0.25) is 0 Å². The number of aryl methyl sites for hydroxylation is 1. The number of rotatable bonds is 5. The van der Waals surface area contributed by atoms with Crippen molar-refractivity contribution in [3.8, 4) is 0 Å². The Hall–Kier alpha value is -0.860. The summed E-state index contributed by atoms with van der Waals surface area (Å²) in [6, 6.07) is 8.74. The highest BCUT2D eigenvalue weighted by atomic mass is 16.5. The lowest BCUT2D eigenvalue weighted by atomic mass is 9.99. The Morgan fingerprint density at radius 1 is 1.29 bits per heavy atom. The van der Waals surface area contributed by atoms with Gasteiger partial charge < -0.3 is 10.1 Å². The summed E-state index contributed by atoms with van der Waals surface area (Å²) < 4.78 is 5.69. The molecular weight excluding hydrogens is 210 g/mol. The van der Waals surface area contributed by atoms with Crippen LogP contribution < -0.4 is 5.32 Å². The fourth-order valence-corrected chi connectivity index (χ4v) is 2.49. The van der Waals surface area contributed by atoms with Crippen molar-refractivity contribution in [1.29, 1.82) is 0 Å². The molecule has 0 amide bonds. The molecule has 0 bridgehead atoms. The fourth-order valence-electron chi connectivity index (χ4n) is 2.49. The van der Waals surface area contributed by atoms with Gasteiger partial charge in [0, 0.05) is 19.7 Å². The van der Waals surface area contributed by atoms with Gasteiger partial charge in [0.2, 0.25) is 0 Å². The van der Waals surface area contributed by atoms with Crippen LogP contribution in [0.15, 0.2) is 24.3 Å². The van der Waals surface area contributed by atoms with E-state index in [9.17, 15) is 0 Å². The third-order valence-electron chi connectivity index (χ3n) is 3.60. The quantitative estimate of drug-likeness (QED) is 0.844. The van der Waals surface area contributed by atoms with E-state index in [4.69, 9.17) is 4.74 Å². The minimum atomic E-state index is 0.473. The van der Waals surface area contributed by atoms with Crippen molar-refractivity contribution < 1.29 is 4.74 Å². The number of hydrogen-bond donors (Lipinski definition) is 1. The molecule has 0 aliphatic carbocycles. The van der Waals surface area contributed by atoms with Crippen LogP contribution in [-0.2, 0) is 11.3 Å². The largest absolute Gasteiger partial charge is 0.378 e. The molecule has 1 fully saturated rings. The third-order valence-corrected chi connectivity index (χ3v) is 3.60. The van der Waals surface area contributed by atoms with E-state index in [2.05, 4.69) is 43.4 Å². The lowest BCUT2D eigenvalue weighted by Crippen LogP contribution is -2.27. The minimum Gasteiger partial charge on any atom is -0.378 e. The predicted molar refractivity (Wildman–Crippen MR) is 71.0 cm³/mol. The van der Waals surface area contributed by atoms with Crippen molar-refractivity contribution in [2.75, 3.05) is 13.2 Å². The Balaban J connectivity index is 1.74. The molecule has 1 aliphatic rings. The van der Waals surface area contributed by atoms with Crippen molar-refractivity contribution in [1.82, 2.24) is 5.32 Å². The Labute approximate surface area is 104 Å². The van der Waals surface area contributed by atoms with Crippen LogP contribution in [-0.4, -0.2) is 19.3 Å². The van der Waals surface area contributed by atoms with Crippen molar-refractivity contribution in [2.45, 2.75) is 39.3 Å². The van der Waals surface area contributed by atoms with E-state index in [1.807, 2.05) is 0 Å².